The Hall–Kier alpha value is -0.700. The Balaban J connectivity index is 2.82. The largest absolute Gasteiger partial charge is 0.395 e. The van der Waals surface area contributed by atoms with E-state index in [9.17, 15) is 13.2 Å². The standard InChI is InChI=1S/C13H26N2O5S/c1-3-11-21(18,19)15-6-4-5-12(15)13(17)14(7-9-16)8-10-20-2/h12,16H,3-11H2,1-2H3. The molecule has 0 aliphatic carbocycles. The Labute approximate surface area is 126 Å². The van der Waals surface area contributed by atoms with E-state index in [1.54, 1.807) is 6.92 Å². The first-order valence-electron chi connectivity index (χ1n) is 7.36. The molecule has 0 aromatic heterocycles. The van der Waals surface area contributed by atoms with Gasteiger partial charge in [0.25, 0.3) is 0 Å². The molecule has 0 spiro atoms. The van der Waals surface area contributed by atoms with Gasteiger partial charge in [-0.15, -0.1) is 0 Å². The molecule has 0 aromatic carbocycles. The highest BCUT2D eigenvalue weighted by Crippen LogP contribution is 2.23. The third-order valence-electron chi connectivity index (χ3n) is 3.56. The SMILES string of the molecule is CCCS(=O)(=O)N1CCCC1C(=O)N(CCO)CCOC. The van der Waals surface area contributed by atoms with Crippen LogP contribution in [0.25, 0.3) is 0 Å². The Kier molecular flexibility index (Phi) is 7.58. The van der Waals surface area contributed by atoms with E-state index in [1.165, 1.54) is 16.3 Å². The van der Waals surface area contributed by atoms with Crippen molar-refractivity contribution in [2.45, 2.75) is 32.2 Å². The summed E-state index contributed by atoms with van der Waals surface area (Å²) in [5.41, 5.74) is 0. The first-order valence-corrected chi connectivity index (χ1v) is 8.97. The molecule has 1 aliphatic heterocycles. The summed E-state index contributed by atoms with van der Waals surface area (Å²) in [6, 6.07) is -0.634. The van der Waals surface area contributed by atoms with Crippen LogP contribution < -0.4 is 0 Å². The number of carbonyl (C=O) groups excluding carboxylic acids is 1. The third-order valence-corrected chi connectivity index (χ3v) is 5.63. The molecule has 1 amide bonds. The van der Waals surface area contributed by atoms with Gasteiger partial charge in [0, 0.05) is 26.7 Å². The van der Waals surface area contributed by atoms with Gasteiger partial charge in [0.05, 0.1) is 19.0 Å². The van der Waals surface area contributed by atoms with Gasteiger partial charge in [-0.25, -0.2) is 8.42 Å². The highest BCUT2D eigenvalue weighted by atomic mass is 32.2. The van der Waals surface area contributed by atoms with Gasteiger partial charge in [0.2, 0.25) is 15.9 Å². The molecule has 0 radical (unpaired) electrons. The molecular formula is C13H26N2O5S. The lowest BCUT2D eigenvalue weighted by molar-refractivity contribution is -0.135. The van der Waals surface area contributed by atoms with E-state index in [2.05, 4.69) is 0 Å². The van der Waals surface area contributed by atoms with Gasteiger partial charge in [-0.3, -0.25) is 4.79 Å². The fourth-order valence-corrected chi connectivity index (χ4v) is 4.30. The molecular weight excluding hydrogens is 296 g/mol. The van der Waals surface area contributed by atoms with Crippen LogP contribution in [0.15, 0.2) is 0 Å². The molecule has 1 atom stereocenters. The predicted molar refractivity (Wildman–Crippen MR) is 79.3 cm³/mol. The summed E-state index contributed by atoms with van der Waals surface area (Å²) in [6.45, 7) is 2.97. The molecule has 0 aromatic rings. The fourth-order valence-electron chi connectivity index (χ4n) is 2.56. The number of aliphatic hydroxyl groups is 1. The average Bonchev–Trinajstić information content (AvgIpc) is 2.93. The fraction of sp³-hybridized carbons (Fsp3) is 0.923. The van der Waals surface area contributed by atoms with Crippen LogP contribution in [0.1, 0.15) is 26.2 Å². The first kappa shape index (κ1) is 18.3. The van der Waals surface area contributed by atoms with Crippen molar-refractivity contribution in [1.29, 1.82) is 0 Å². The topological polar surface area (TPSA) is 87.2 Å². The lowest BCUT2D eigenvalue weighted by Crippen LogP contribution is -2.49. The summed E-state index contributed by atoms with van der Waals surface area (Å²) in [7, 11) is -1.84. The smallest absolute Gasteiger partial charge is 0.241 e. The Morgan fingerprint density at radius 1 is 1.43 bits per heavy atom. The molecule has 7 nitrogen and oxygen atoms in total. The van der Waals surface area contributed by atoms with Crippen LogP contribution in [0.5, 0.6) is 0 Å². The minimum atomic E-state index is -3.38. The molecule has 0 bridgehead atoms. The zero-order valence-electron chi connectivity index (χ0n) is 12.8. The predicted octanol–water partition coefficient (Wildman–Crippen LogP) is -0.342. The lowest BCUT2D eigenvalue weighted by Gasteiger charge is -2.29. The molecule has 8 heteroatoms. The normalized spacial score (nSPS) is 19.9. The van der Waals surface area contributed by atoms with Crippen molar-refractivity contribution in [2.24, 2.45) is 0 Å². The zero-order valence-corrected chi connectivity index (χ0v) is 13.6. The van der Waals surface area contributed by atoms with E-state index in [1.807, 2.05) is 0 Å². The summed E-state index contributed by atoms with van der Waals surface area (Å²) in [5, 5.41) is 9.07. The summed E-state index contributed by atoms with van der Waals surface area (Å²) >= 11 is 0. The minimum Gasteiger partial charge on any atom is -0.395 e. The van der Waals surface area contributed by atoms with Gasteiger partial charge in [-0.05, 0) is 19.3 Å². The molecule has 1 aliphatic rings. The van der Waals surface area contributed by atoms with Crippen molar-refractivity contribution in [3.63, 3.8) is 0 Å². The molecule has 1 rings (SSSR count). The van der Waals surface area contributed by atoms with Gasteiger partial charge < -0.3 is 14.7 Å². The van der Waals surface area contributed by atoms with E-state index >= 15 is 0 Å². The summed E-state index contributed by atoms with van der Waals surface area (Å²) in [6.07, 6.45) is 1.76. The Morgan fingerprint density at radius 2 is 2.14 bits per heavy atom. The highest BCUT2D eigenvalue weighted by molar-refractivity contribution is 7.89. The van der Waals surface area contributed by atoms with Gasteiger partial charge in [-0.2, -0.15) is 4.31 Å². The number of rotatable bonds is 9. The van der Waals surface area contributed by atoms with Gasteiger partial charge >= 0.3 is 0 Å². The van der Waals surface area contributed by atoms with Gasteiger partial charge in [-0.1, -0.05) is 6.92 Å². The number of hydrogen-bond donors (Lipinski definition) is 1. The van der Waals surface area contributed by atoms with Crippen LogP contribution in [-0.4, -0.2) is 80.4 Å². The molecule has 1 N–H and O–H groups in total. The Bertz CT molecular complexity index is 426. The number of ether oxygens (including phenoxy) is 1. The second-order valence-electron chi connectivity index (χ2n) is 5.13. The number of sulfonamides is 1. The Morgan fingerprint density at radius 3 is 2.71 bits per heavy atom. The first-order chi connectivity index (χ1) is 9.97. The summed E-state index contributed by atoms with van der Waals surface area (Å²) in [4.78, 5) is 14.0. The minimum absolute atomic E-state index is 0.0643. The second-order valence-corrected chi connectivity index (χ2v) is 7.17. The van der Waals surface area contributed by atoms with E-state index in [4.69, 9.17) is 9.84 Å². The van der Waals surface area contributed by atoms with Gasteiger partial charge in [0.15, 0.2) is 0 Å². The van der Waals surface area contributed by atoms with Crippen molar-refractivity contribution in [1.82, 2.24) is 9.21 Å². The van der Waals surface area contributed by atoms with Crippen molar-refractivity contribution >= 4 is 15.9 Å². The van der Waals surface area contributed by atoms with Crippen molar-refractivity contribution in [3.8, 4) is 0 Å². The molecule has 1 fully saturated rings. The number of aliphatic hydroxyl groups excluding tert-OH is 1. The molecule has 1 heterocycles. The molecule has 1 unspecified atom stereocenters. The molecule has 124 valence electrons. The molecule has 1 saturated heterocycles. The van der Waals surface area contributed by atoms with Crippen LogP contribution in [0.2, 0.25) is 0 Å². The van der Waals surface area contributed by atoms with Crippen molar-refractivity contribution < 1.29 is 23.1 Å². The average molecular weight is 322 g/mol. The van der Waals surface area contributed by atoms with E-state index in [0.29, 0.717) is 39.0 Å². The van der Waals surface area contributed by atoms with E-state index < -0.39 is 16.1 Å². The van der Waals surface area contributed by atoms with Crippen molar-refractivity contribution in [3.05, 3.63) is 0 Å². The molecule has 21 heavy (non-hydrogen) atoms. The summed E-state index contributed by atoms with van der Waals surface area (Å²) in [5.74, 6) is -0.173. The van der Waals surface area contributed by atoms with Crippen LogP contribution in [-0.2, 0) is 19.6 Å². The number of amides is 1. The van der Waals surface area contributed by atoms with Crippen LogP contribution in [0, 0.1) is 0 Å². The monoisotopic (exact) mass is 322 g/mol. The van der Waals surface area contributed by atoms with Gasteiger partial charge in [0.1, 0.15) is 6.04 Å². The zero-order chi connectivity index (χ0) is 15.9. The number of carbonyl (C=O) groups is 1. The van der Waals surface area contributed by atoms with Crippen LogP contribution in [0.4, 0.5) is 0 Å². The van der Waals surface area contributed by atoms with E-state index in [0.717, 1.165) is 0 Å². The van der Waals surface area contributed by atoms with Crippen LogP contribution in [0.3, 0.4) is 0 Å². The highest BCUT2D eigenvalue weighted by Gasteiger charge is 2.39. The van der Waals surface area contributed by atoms with Crippen LogP contribution >= 0.6 is 0 Å². The second kappa shape index (κ2) is 8.67. The maximum atomic E-state index is 12.6. The quantitative estimate of drug-likeness (QED) is 0.627. The molecule has 0 saturated carbocycles. The maximum Gasteiger partial charge on any atom is 0.241 e. The summed E-state index contributed by atoms with van der Waals surface area (Å²) < 4.78 is 30.7. The lowest BCUT2D eigenvalue weighted by atomic mass is 10.2. The number of hydrogen-bond acceptors (Lipinski definition) is 5. The van der Waals surface area contributed by atoms with Crippen molar-refractivity contribution in [2.75, 3.05) is 45.7 Å². The van der Waals surface area contributed by atoms with E-state index in [-0.39, 0.29) is 24.8 Å². The maximum absolute atomic E-state index is 12.6. The number of methoxy groups -OCH3 is 1. The number of nitrogens with zero attached hydrogens (tertiary/aromatic N) is 2. The third kappa shape index (κ3) is 4.91.